The molecule has 0 atom stereocenters. The van der Waals surface area contributed by atoms with Crippen LogP contribution in [0, 0.1) is 5.82 Å². The number of hydrogen-bond donors (Lipinski definition) is 2. The zero-order valence-electron chi connectivity index (χ0n) is 9.13. The van der Waals surface area contributed by atoms with Gasteiger partial charge in [0.15, 0.2) is 0 Å². The summed E-state index contributed by atoms with van der Waals surface area (Å²) in [4.78, 5) is 3.74. The van der Waals surface area contributed by atoms with Gasteiger partial charge < -0.3 is 5.73 Å². The molecule has 0 bridgehead atoms. The van der Waals surface area contributed by atoms with Gasteiger partial charge in [-0.3, -0.25) is 0 Å². The topological polar surface area (TPSA) is 85.1 Å². The first kappa shape index (κ1) is 12.9. The number of benzene rings is 1. The van der Waals surface area contributed by atoms with E-state index in [2.05, 4.69) is 9.71 Å². The van der Waals surface area contributed by atoms with Gasteiger partial charge in [-0.25, -0.2) is 22.5 Å². The molecule has 0 radical (unpaired) electrons. The lowest BCUT2D eigenvalue weighted by molar-refractivity contribution is 0.577. The lowest BCUT2D eigenvalue weighted by Crippen LogP contribution is -2.23. The Morgan fingerprint density at radius 3 is 2.78 bits per heavy atom. The van der Waals surface area contributed by atoms with Crippen molar-refractivity contribution < 1.29 is 12.8 Å². The van der Waals surface area contributed by atoms with Gasteiger partial charge in [0.1, 0.15) is 5.82 Å². The Morgan fingerprint density at radius 2 is 2.17 bits per heavy atom. The minimum atomic E-state index is -3.79. The summed E-state index contributed by atoms with van der Waals surface area (Å²) >= 11 is 1.36. The summed E-state index contributed by atoms with van der Waals surface area (Å²) in [6.07, 6.45) is 0. The summed E-state index contributed by atoms with van der Waals surface area (Å²) in [6, 6.07) is 3.17. The van der Waals surface area contributed by atoms with Crippen molar-refractivity contribution in [1.82, 2.24) is 9.71 Å². The molecular weight excluding hydrogens is 277 g/mol. The largest absolute Gasteiger partial charge is 0.399 e. The Morgan fingerprint density at radius 1 is 1.39 bits per heavy atom. The number of aromatic nitrogens is 1. The van der Waals surface area contributed by atoms with E-state index in [1.54, 1.807) is 10.9 Å². The van der Waals surface area contributed by atoms with E-state index in [1.165, 1.54) is 17.4 Å². The van der Waals surface area contributed by atoms with Gasteiger partial charge in [-0.05, 0) is 18.2 Å². The van der Waals surface area contributed by atoms with Crippen LogP contribution in [-0.2, 0) is 16.6 Å². The molecule has 5 nitrogen and oxygen atoms in total. The number of nitrogens with one attached hydrogen (secondary N) is 1. The molecule has 1 aromatic heterocycles. The first-order chi connectivity index (χ1) is 8.47. The third-order valence-electron chi connectivity index (χ3n) is 2.13. The molecule has 0 aliphatic heterocycles. The Bertz CT molecular complexity index is 621. The normalized spacial score (nSPS) is 11.6. The minimum absolute atomic E-state index is 0.0578. The highest BCUT2D eigenvalue weighted by molar-refractivity contribution is 7.89. The van der Waals surface area contributed by atoms with E-state index < -0.39 is 15.8 Å². The molecule has 1 heterocycles. The van der Waals surface area contributed by atoms with E-state index >= 15 is 0 Å². The quantitative estimate of drug-likeness (QED) is 0.831. The smallest absolute Gasteiger partial charge is 0.241 e. The van der Waals surface area contributed by atoms with Crippen LogP contribution < -0.4 is 10.5 Å². The minimum Gasteiger partial charge on any atom is -0.399 e. The second kappa shape index (κ2) is 5.01. The number of thiazole rings is 1. The van der Waals surface area contributed by atoms with Crippen LogP contribution in [0.1, 0.15) is 5.69 Å². The average Bonchev–Trinajstić information content (AvgIpc) is 2.78. The number of rotatable bonds is 4. The van der Waals surface area contributed by atoms with E-state index in [1.807, 2.05) is 0 Å². The molecule has 0 spiro atoms. The highest BCUT2D eigenvalue weighted by Crippen LogP contribution is 2.16. The van der Waals surface area contributed by atoms with Crippen LogP contribution in [0.2, 0.25) is 0 Å². The molecule has 0 aliphatic rings. The van der Waals surface area contributed by atoms with Gasteiger partial charge in [0.25, 0.3) is 0 Å². The van der Waals surface area contributed by atoms with Crippen LogP contribution in [0.3, 0.4) is 0 Å². The van der Waals surface area contributed by atoms with Crippen molar-refractivity contribution in [3.8, 4) is 0 Å². The summed E-state index contributed by atoms with van der Waals surface area (Å²) in [5, 5.41) is 1.72. The van der Waals surface area contributed by atoms with Crippen LogP contribution in [-0.4, -0.2) is 13.4 Å². The van der Waals surface area contributed by atoms with Crippen molar-refractivity contribution in [3.05, 3.63) is 40.6 Å². The second-order valence-electron chi connectivity index (χ2n) is 3.52. The average molecular weight is 287 g/mol. The lowest BCUT2D eigenvalue weighted by Gasteiger charge is -2.06. The van der Waals surface area contributed by atoms with Crippen molar-refractivity contribution in [2.45, 2.75) is 11.4 Å². The van der Waals surface area contributed by atoms with Crippen molar-refractivity contribution >= 4 is 27.0 Å². The third-order valence-corrected chi connectivity index (χ3v) is 4.15. The molecule has 0 saturated carbocycles. The van der Waals surface area contributed by atoms with E-state index in [-0.39, 0.29) is 17.1 Å². The summed E-state index contributed by atoms with van der Waals surface area (Å²) < 4.78 is 39.2. The summed E-state index contributed by atoms with van der Waals surface area (Å²) in [5.41, 5.74) is 7.67. The number of anilines is 1. The Balaban J connectivity index is 2.20. The predicted molar refractivity (Wildman–Crippen MR) is 67.0 cm³/mol. The molecule has 0 aliphatic carbocycles. The van der Waals surface area contributed by atoms with Crippen LogP contribution in [0.5, 0.6) is 0 Å². The van der Waals surface area contributed by atoms with Crippen molar-refractivity contribution in [1.29, 1.82) is 0 Å². The Labute approximate surface area is 108 Å². The van der Waals surface area contributed by atoms with E-state index in [4.69, 9.17) is 5.73 Å². The molecular formula is C10H10FN3O2S2. The van der Waals surface area contributed by atoms with Crippen molar-refractivity contribution in [2.24, 2.45) is 0 Å². The van der Waals surface area contributed by atoms with Gasteiger partial charge in [-0.2, -0.15) is 0 Å². The maximum Gasteiger partial charge on any atom is 0.241 e. The molecule has 0 saturated heterocycles. The number of nitrogens with zero attached hydrogens (tertiary/aromatic N) is 1. The lowest BCUT2D eigenvalue weighted by atomic mass is 10.3. The number of hydrogen-bond acceptors (Lipinski definition) is 5. The van der Waals surface area contributed by atoms with Gasteiger partial charge in [0.05, 0.1) is 22.6 Å². The number of sulfonamides is 1. The number of nitrogen functional groups attached to an aromatic ring is 1. The SMILES string of the molecule is Nc1cc(F)cc(S(=O)(=O)NCc2cscn2)c1. The molecule has 2 rings (SSSR count). The molecule has 0 unspecified atom stereocenters. The molecule has 18 heavy (non-hydrogen) atoms. The van der Waals surface area contributed by atoms with Gasteiger partial charge in [-0.1, -0.05) is 0 Å². The predicted octanol–water partition coefficient (Wildman–Crippen LogP) is 1.34. The van der Waals surface area contributed by atoms with Crippen LogP contribution in [0.4, 0.5) is 10.1 Å². The summed E-state index contributed by atoms with van der Waals surface area (Å²) in [7, 11) is -3.79. The highest BCUT2D eigenvalue weighted by Gasteiger charge is 2.15. The van der Waals surface area contributed by atoms with Gasteiger partial charge in [-0.15, -0.1) is 11.3 Å². The standard InChI is InChI=1S/C10H10FN3O2S2/c11-7-1-8(12)3-10(2-7)18(15,16)14-4-9-5-17-6-13-9/h1-3,5-6,14H,4,12H2. The zero-order chi connectivity index (χ0) is 13.2. The van der Waals surface area contributed by atoms with Crippen LogP contribution >= 0.6 is 11.3 Å². The molecule has 96 valence electrons. The molecule has 0 amide bonds. The fraction of sp³-hybridized carbons (Fsp3) is 0.100. The molecule has 2 aromatic rings. The maximum absolute atomic E-state index is 13.1. The maximum atomic E-state index is 13.1. The first-order valence-corrected chi connectivity index (χ1v) is 7.33. The Hall–Kier alpha value is -1.51. The van der Waals surface area contributed by atoms with Gasteiger partial charge in [0, 0.05) is 11.1 Å². The molecule has 8 heteroatoms. The fourth-order valence-corrected chi connectivity index (χ4v) is 2.94. The number of nitrogens with two attached hydrogens (primary N) is 1. The monoisotopic (exact) mass is 287 g/mol. The highest BCUT2D eigenvalue weighted by atomic mass is 32.2. The van der Waals surface area contributed by atoms with Crippen molar-refractivity contribution in [3.63, 3.8) is 0 Å². The summed E-state index contributed by atoms with van der Waals surface area (Å²) in [6.45, 7) is 0.0578. The van der Waals surface area contributed by atoms with Gasteiger partial charge >= 0.3 is 0 Å². The fourth-order valence-electron chi connectivity index (χ4n) is 1.32. The van der Waals surface area contributed by atoms with Crippen LogP contribution in [0.15, 0.2) is 34.0 Å². The zero-order valence-corrected chi connectivity index (χ0v) is 10.8. The summed E-state index contributed by atoms with van der Waals surface area (Å²) in [5.74, 6) is -0.691. The van der Waals surface area contributed by atoms with E-state index in [9.17, 15) is 12.8 Å². The van der Waals surface area contributed by atoms with Crippen molar-refractivity contribution in [2.75, 3.05) is 5.73 Å². The molecule has 1 aromatic carbocycles. The third kappa shape index (κ3) is 3.03. The van der Waals surface area contributed by atoms with Crippen LogP contribution in [0.25, 0.3) is 0 Å². The first-order valence-electron chi connectivity index (χ1n) is 4.90. The number of halogens is 1. The van der Waals surface area contributed by atoms with E-state index in [0.29, 0.717) is 5.69 Å². The Kier molecular flexibility index (Phi) is 3.60. The van der Waals surface area contributed by atoms with E-state index in [0.717, 1.165) is 12.1 Å². The second-order valence-corrected chi connectivity index (χ2v) is 6.01. The molecule has 3 N–H and O–H groups in total. The molecule has 0 fully saturated rings. The van der Waals surface area contributed by atoms with Gasteiger partial charge in [0.2, 0.25) is 10.0 Å².